The summed E-state index contributed by atoms with van der Waals surface area (Å²) >= 11 is 0. The zero-order chi connectivity index (χ0) is 16.8. The molecule has 0 aliphatic rings. The molecule has 0 aromatic heterocycles. The highest BCUT2D eigenvalue weighted by Crippen LogP contribution is 2.25. The van der Waals surface area contributed by atoms with Gasteiger partial charge in [0.1, 0.15) is 23.0 Å². The number of allylic oxidation sites excluding steroid dienone is 1. The molecule has 0 radical (unpaired) electrons. The van der Waals surface area contributed by atoms with Gasteiger partial charge >= 0.3 is 0 Å². The summed E-state index contributed by atoms with van der Waals surface area (Å²) in [7, 11) is 4.61. The van der Waals surface area contributed by atoms with E-state index < -0.39 is 0 Å². The van der Waals surface area contributed by atoms with Gasteiger partial charge < -0.3 is 19.3 Å². The van der Waals surface area contributed by atoms with Crippen LogP contribution in [0.2, 0.25) is 0 Å². The van der Waals surface area contributed by atoms with E-state index in [0.29, 0.717) is 17.2 Å². The summed E-state index contributed by atoms with van der Waals surface area (Å²) < 4.78 is 15.4. The van der Waals surface area contributed by atoms with E-state index in [1.807, 2.05) is 0 Å². The lowest BCUT2D eigenvalue weighted by Crippen LogP contribution is -1.95. The molecule has 0 atom stereocenters. The fraction of sp³-hybridized carbons (Fsp3) is 0.167. The number of rotatable bonds is 6. The summed E-state index contributed by atoms with van der Waals surface area (Å²) in [5.74, 6) is 1.31. The molecular weight excluding hydrogens is 296 g/mol. The first-order valence-corrected chi connectivity index (χ1v) is 6.90. The third kappa shape index (κ3) is 4.03. The van der Waals surface area contributed by atoms with Crippen molar-refractivity contribution in [2.24, 2.45) is 0 Å². The van der Waals surface area contributed by atoms with Crippen molar-refractivity contribution in [3.8, 4) is 23.0 Å². The predicted molar refractivity (Wildman–Crippen MR) is 87.6 cm³/mol. The minimum absolute atomic E-state index is 0.123. The van der Waals surface area contributed by atoms with Crippen molar-refractivity contribution in [3.63, 3.8) is 0 Å². The van der Waals surface area contributed by atoms with Gasteiger partial charge in [-0.3, -0.25) is 4.79 Å². The lowest BCUT2D eigenvalue weighted by Gasteiger charge is -2.06. The Bertz CT molecular complexity index is 712. The highest BCUT2D eigenvalue weighted by molar-refractivity contribution is 6.08. The highest BCUT2D eigenvalue weighted by Gasteiger charge is 2.09. The van der Waals surface area contributed by atoms with Crippen molar-refractivity contribution in [1.29, 1.82) is 0 Å². The largest absolute Gasteiger partial charge is 0.507 e. The molecule has 5 heteroatoms. The Morgan fingerprint density at radius 1 is 0.913 bits per heavy atom. The van der Waals surface area contributed by atoms with Crippen LogP contribution in [0.4, 0.5) is 0 Å². The van der Waals surface area contributed by atoms with Crippen LogP contribution in [0.15, 0.2) is 42.5 Å². The van der Waals surface area contributed by atoms with Gasteiger partial charge in [0.25, 0.3) is 0 Å². The average molecular weight is 314 g/mol. The average Bonchev–Trinajstić information content (AvgIpc) is 2.58. The topological polar surface area (TPSA) is 65.0 Å². The van der Waals surface area contributed by atoms with Gasteiger partial charge in [0.05, 0.1) is 26.9 Å². The fourth-order valence-corrected chi connectivity index (χ4v) is 2.03. The van der Waals surface area contributed by atoms with Gasteiger partial charge in [-0.25, -0.2) is 0 Å². The Balaban J connectivity index is 2.24. The molecule has 23 heavy (non-hydrogen) atoms. The van der Waals surface area contributed by atoms with Crippen molar-refractivity contribution in [1.82, 2.24) is 0 Å². The standard InChI is InChI=1S/C18H18O5/c1-21-13-5-6-16(18(20)11-13)17(19)7-4-12-8-14(22-2)10-15(9-12)23-3/h4-11,20H,1-3H3. The number of phenols is 1. The summed E-state index contributed by atoms with van der Waals surface area (Å²) in [5, 5.41) is 9.88. The number of methoxy groups -OCH3 is 3. The zero-order valence-corrected chi connectivity index (χ0v) is 13.2. The second-order valence-corrected chi connectivity index (χ2v) is 4.73. The molecule has 0 amide bonds. The number of phenolic OH excluding ortho intramolecular Hbond substituents is 1. The molecule has 0 spiro atoms. The molecule has 0 fully saturated rings. The first kappa shape index (κ1) is 16.4. The van der Waals surface area contributed by atoms with Gasteiger partial charge in [-0.1, -0.05) is 6.08 Å². The van der Waals surface area contributed by atoms with Crippen molar-refractivity contribution in [2.75, 3.05) is 21.3 Å². The molecular formula is C18H18O5. The number of ether oxygens (including phenoxy) is 3. The van der Waals surface area contributed by atoms with Gasteiger partial charge in [-0.15, -0.1) is 0 Å². The first-order chi connectivity index (χ1) is 11.1. The second kappa shape index (κ2) is 7.35. The molecule has 5 nitrogen and oxygen atoms in total. The van der Waals surface area contributed by atoms with Gasteiger partial charge in [-0.05, 0) is 35.9 Å². The third-order valence-corrected chi connectivity index (χ3v) is 3.27. The molecule has 0 aliphatic carbocycles. The van der Waals surface area contributed by atoms with Crippen LogP contribution in [0.25, 0.3) is 6.08 Å². The number of benzene rings is 2. The third-order valence-electron chi connectivity index (χ3n) is 3.27. The van der Waals surface area contributed by atoms with Crippen LogP contribution >= 0.6 is 0 Å². The number of hydrogen-bond donors (Lipinski definition) is 1. The monoisotopic (exact) mass is 314 g/mol. The summed E-state index contributed by atoms with van der Waals surface area (Å²) in [4.78, 5) is 12.2. The Kier molecular flexibility index (Phi) is 5.25. The lowest BCUT2D eigenvalue weighted by molar-refractivity contribution is 0.104. The molecule has 0 heterocycles. The zero-order valence-electron chi connectivity index (χ0n) is 13.2. The molecule has 0 unspecified atom stereocenters. The Morgan fingerprint density at radius 2 is 1.52 bits per heavy atom. The maximum Gasteiger partial charge on any atom is 0.189 e. The van der Waals surface area contributed by atoms with Gasteiger partial charge in [-0.2, -0.15) is 0 Å². The van der Waals surface area contributed by atoms with Crippen LogP contribution in [0.1, 0.15) is 15.9 Å². The van der Waals surface area contributed by atoms with Crippen LogP contribution in [0.3, 0.4) is 0 Å². The molecule has 120 valence electrons. The molecule has 0 saturated carbocycles. The lowest BCUT2D eigenvalue weighted by atomic mass is 10.1. The summed E-state index contributed by atoms with van der Waals surface area (Å²) in [6.45, 7) is 0. The Morgan fingerprint density at radius 3 is 2.04 bits per heavy atom. The number of carbonyl (C=O) groups excluding carboxylic acids is 1. The van der Waals surface area contributed by atoms with E-state index in [1.165, 1.54) is 25.3 Å². The molecule has 0 aliphatic heterocycles. The van der Waals surface area contributed by atoms with E-state index in [9.17, 15) is 9.90 Å². The predicted octanol–water partition coefficient (Wildman–Crippen LogP) is 3.31. The van der Waals surface area contributed by atoms with Crippen LogP contribution < -0.4 is 14.2 Å². The quantitative estimate of drug-likeness (QED) is 0.654. The number of ketones is 1. The van der Waals surface area contributed by atoms with E-state index >= 15 is 0 Å². The van der Waals surface area contributed by atoms with E-state index in [1.54, 1.807) is 44.6 Å². The van der Waals surface area contributed by atoms with E-state index in [0.717, 1.165) is 5.56 Å². The molecule has 2 aromatic carbocycles. The summed E-state index contributed by atoms with van der Waals surface area (Å²) in [6.07, 6.45) is 3.02. The maximum absolute atomic E-state index is 12.2. The van der Waals surface area contributed by atoms with E-state index in [2.05, 4.69) is 0 Å². The van der Waals surface area contributed by atoms with Gasteiger partial charge in [0.15, 0.2) is 5.78 Å². The minimum atomic E-state index is -0.313. The van der Waals surface area contributed by atoms with Crippen molar-refractivity contribution in [2.45, 2.75) is 0 Å². The Hall–Kier alpha value is -2.95. The second-order valence-electron chi connectivity index (χ2n) is 4.73. The van der Waals surface area contributed by atoms with Crippen LogP contribution in [0, 0.1) is 0 Å². The van der Waals surface area contributed by atoms with E-state index in [-0.39, 0.29) is 17.1 Å². The smallest absolute Gasteiger partial charge is 0.189 e. The maximum atomic E-state index is 12.2. The van der Waals surface area contributed by atoms with Gasteiger partial charge in [0, 0.05) is 12.1 Å². The fourth-order valence-electron chi connectivity index (χ4n) is 2.03. The van der Waals surface area contributed by atoms with Crippen molar-refractivity contribution >= 4 is 11.9 Å². The Labute approximate surface area is 134 Å². The van der Waals surface area contributed by atoms with Gasteiger partial charge in [0.2, 0.25) is 0 Å². The molecule has 2 aromatic rings. The SMILES string of the molecule is COc1cc(C=CC(=O)c2ccc(OC)cc2O)cc(OC)c1. The summed E-state index contributed by atoms with van der Waals surface area (Å²) in [6, 6.07) is 9.84. The number of hydrogen-bond acceptors (Lipinski definition) is 5. The normalized spacial score (nSPS) is 10.6. The molecule has 2 rings (SSSR count). The van der Waals surface area contributed by atoms with E-state index in [4.69, 9.17) is 14.2 Å². The van der Waals surface area contributed by atoms with Crippen LogP contribution in [-0.2, 0) is 0 Å². The van der Waals surface area contributed by atoms with Crippen molar-refractivity contribution < 1.29 is 24.1 Å². The van der Waals surface area contributed by atoms with Crippen LogP contribution in [-0.4, -0.2) is 32.2 Å². The van der Waals surface area contributed by atoms with Crippen LogP contribution in [0.5, 0.6) is 23.0 Å². The molecule has 1 N–H and O–H groups in total. The summed E-state index contributed by atoms with van der Waals surface area (Å²) in [5.41, 5.74) is 0.958. The minimum Gasteiger partial charge on any atom is -0.507 e. The highest BCUT2D eigenvalue weighted by atomic mass is 16.5. The molecule has 0 bridgehead atoms. The first-order valence-electron chi connectivity index (χ1n) is 6.90. The number of aromatic hydroxyl groups is 1. The molecule has 0 saturated heterocycles. The van der Waals surface area contributed by atoms with Crippen molar-refractivity contribution in [3.05, 3.63) is 53.6 Å². The number of carbonyl (C=O) groups is 1.